The summed E-state index contributed by atoms with van der Waals surface area (Å²) in [5.74, 6) is -0.296. The second-order valence-corrected chi connectivity index (χ2v) is 10.6. The van der Waals surface area contributed by atoms with Gasteiger partial charge in [0.05, 0.1) is 16.6 Å². The van der Waals surface area contributed by atoms with E-state index in [2.05, 4.69) is 41.2 Å². The average molecular weight is 463 g/mol. The van der Waals surface area contributed by atoms with Crippen molar-refractivity contribution in [3.05, 3.63) is 84.4 Å². The van der Waals surface area contributed by atoms with E-state index in [1.165, 1.54) is 11.1 Å². The number of nitrogens with zero attached hydrogens (tertiary/aromatic N) is 3. The zero-order valence-electron chi connectivity index (χ0n) is 20.8. The lowest BCUT2D eigenvalue weighted by Gasteiger charge is -2.47. The fourth-order valence-corrected chi connectivity index (χ4v) is 4.90. The van der Waals surface area contributed by atoms with Crippen LogP contribution in [0.2, 0.25) is 0 Å². The van der Waals surface area contributed by atoms with Crippen molar-refractivity contribution in [2.75, 3.05) is 0 Å². The van der Waals surface area contributed by atoms with E-state index in [1.807, 2.05) is 76.0 Å². The molecule has 6 nitrogen and oxygen atoms in total. The summed E-state index contributed by atoms with van der Waals surface area (Å²) in [6, 6.07) is 16.1. The summed E-state index contributed by atoms with van der Waals surface area (Å²) < 4.78 is 10.0. The minimum absolute atomic E-state index is 0.194. The molecule has 0 spiro atoms. The summed E-state index contributed by atoms with van der Waals surface area (Å²) in [7, 11) is 2.01. The highest BCUT2D eigenvalue weighted by molar-refractivity contribution is 5.89. The highest BCUT2D eigenvalue weighted by atomic mass is 16.5. The molecule has 0 radical (unpaired) electrons. The molecule has 0 aliphatic carbocycles. The van der Waals surface area contributed by atoms with Gasteiger partial charge in [0.25, 0.3) is 0 Å². The van der Waals surface area contributed by atoms with Gasteiger partial charge in [0, 0.05) is 42.7 Å². The summed E-state index contributed by atoms with van der Waals surface area (Å²) in [4.78, 5) is 12.8. The van der Waals surface area contributed by atoms with Crippen LogP contribution in [0.25, 0.3) is 11.1 Å². The van der Waals surface area contributed by atoms with Crippen LogP contribution in [-0.4, -0.2) is 33.4 Å². The largest absolute Gasteiger partial charge is 0.459 e. The molecule has 0 amide bonds. The van der Waals surface area contributed by atoms with Crippen molar-refractivity contribution in [3.63, 3.8) is 0 Å². The van der Waals surface area contributed by atoms with Gasteiger partial charge < -0.3 is 9.94 Å². The van der Waals surface area contributed by atoms with Crippen LogP contribution >= 0.6 is 0 Å². The first-order chi connectivity index (χ1) is 16.0. The maximum Gasteiger partial charge on any atom is 0.338 e. The smallest absolute Gasteiger partial charge is 0.338 e. The predicted molar refractivity (Wildman–Crippen MR) is 131 cm³/mol. The Hall–Kier alpha value is -3.09. The Labute approximate surface area is 202 Å². The Kier molecular flexibility index (Phi) is 6.56. The van der Waals surface area contributed by atoms with Crippen LogP contribution in [0.1, 0.15) is 56.5 Å². The molecule has 3 heterocycles. The molecule has 2 aromatic heterocycles. The standard InChI is InChI=1S/C28H35N3O3/c1-27(2)18-25(19-28(3,4)31(27)33)34-26(32)24-8-6-21(7-9-24)20-30-16-12-23(13-17-30)22-10-14-29(5)15-11-22/h6-17,25,33H,18-20H2,1-5H3/q+2/p+1. The highest BCUT2D eigenvalue weighted by Gasteiger charge is 2.49. The molecule has 1 aliphatic rings. The number of pyridine rings is 2. The number of hydrogen-bond acceptors (Lipinski definition) is 3. The van der Waals surface area contributed by atoms with Gasteiger partial charge in [-0.1, -0.05) is 17.2 Å². The maximum absolute atomic E-state index is 12.8. The monoisotopic (exact) mass is 462 g/mol. The number of piperidine rings is 1. The molecule has 4 rings (SSSR count). The van der Waals surface area contributed by atoms with Crippen LogP contribution in [0.3, 0.4) is 0 Å². The Morgan fingerprint density at radius 3 is 1.94 bits per heavy atom. The number of carbonyl (C=O) groups excluding carboxylic acids is 1. The van der Waals surface area contributed by atoms with Crippen LogP contribution in [0.15, 0.2) is 73.3 Å². The normalized spacial score (nSPS) is 17.9. The number of aromatic nitrogens is 2. The Bertz CT molecular complexity index is 1120. The van der Waals surface area contributed by atoms with Crippen molar-refractivity contribution in [2.45, 2.75) is 64.3 Å². The van der Waals surface area contributed by atoms with Crippen molar-refractivity contribution in [3.8, 4) is 11.1 Å². The molecule has 1 fully saturated rings. The minimum atomic E-state index is -0.345. The minimum Gasteiger partial charge on any atom is -0.459 e. The topological polar surface area (TPSA) is 60.2 Å². The molecule has 1 aliphatic heterocycles. The first-order valence-corrected chi connectivity index (χ1v) is 11.8. The van der Waals surface area contributed by atoms with Crippen LogP contribution in [0.5, 0.6) is 0 Å². The molecule has 2 N–H and O–H groups in total. The van der Waals surface area contributed by atoms with Crippen molar-refractivity contribution in [1.82, 2.24) is 5.06 Å². The lowest BCUT2D eigenvalue weighted by molar-refractivity contribution is -0.688. The van der Waals surface area contributed by atoms with Crippen LogP contribution < -0.4 is 9.13 Å². The third-order valence-electron chi connectivity index (χ3n) is 6.70. The molecule has 1 saturated heterocycles. The second kappa shape index (κ2) is 9.28. The van der Waals surface area contributed by atoms with E-state index >= 15 is 0 Å². The van der Waals surface area contributed by atoms with Gasteiger partial charge in [-0.25, -0.2) is 13.9 Å². The average Bonchev–Trinajstić information content (AvgIpc) is 2.79. The molecule has 0 atom stereocenters. The van der Waals surface area contributed by atoms with Gasteiger partial charge in [0.2, 0.25) is 0 Å². The quantitative estimate of drug-likeness (QED) is 0.332. The van der Waals surface area contributed by atoms with Crippen molar-refractivity contribution in [1.29, 1.82) is 0 Å². The van der Waals surface area contributed by atoms with Crippen molar-refractivity contribution in [2.24, 2.45) is 7.05 Å². The van der Waals surface area contributed by atoms with E-state index in [0.29, 0.717) is 18.4 Å². The number of hydrogen-bond donors (Lipinski definition) is 0. The Morgan fingerprint density at radius 1 is 0.912 bits per heavy atom. The van der Waals surface area contributed by atoms with Gasteiger partial charge >= 0.3 is 5.97 Å². The first-order valence-electron chi connectivity index (χ1n) is 11.8. The van der Waals surface area contributed by atoms with Crippen molar-refractivity contribution >= 4 is 5.97 Å². The number of rotatable bonds is 5. The number of ether oxygens (including phenoxy) is 1. The van der Waals surface area contributed by atoms with E-state index in [4.69, 9.17) is 9.94 Å². The SMILES string of the molecule is C[n+]1ccc(-c2cc[n+](Cc3ccc(C(=O)OC4CC(C)(C)N([OH2+])C(C)(C)C4)cc3)cc2)cc1. The third-order valence-corrected chi connectivity index (χ3v) is 6.70. The molecular weight excluding hydrogens is 426 g/mol. The lowest BCUT2D eigenvalue weighted by atomic mass is 9.80. The van der Waals surface area contributed by atoms with Crippen LogP contribution in [-0.2, 0) is 18.3 Å². The van der Waals surface area contributed by atoms with Gasteiger partial charge in [-0.3, -0.25) is 0 Å². The van der Waals surface area contributed by atoms with Crippen LogP contribution in [0.4, 0.5) is 0 Å². The zero-order valence-corrected chi connectivity index (χ0v) is 20.8. The van der Waals surface area contributed by atoms with Crippen LogP contribution in [0, 0.1) is 0 Å². The van der Waals surface area contributed by atoms with E-state index in [-0.39, 0.29) is 23.2 Å². The molecule has 0 unspecified atom stereocenters. The maximum atomic E-state index is 12.8. The second-order valence-electron chi connectivity index (χ2n) is 10.6. The third kappa shape index (κ3) is 5.34. The molecule has 178 valence electrons. The highest BCUT2D eigenvalue weighted by Crippen LogP contribution is 2.38. The van der Waals surface area contributed by atoms with Gasteiger partial charge in [0.15, 0.2) is 31.3 Å². The van der Waals surface area contributed by atoms with Crippen molar-refractivity contribution < 1.29 is 23.9 Å². The molecule has 1 aromatic carbocycles. The fourth-order valence-electron chi connectivity index (χ4n) is 4.90. The van der Waals surface area contributed by atoms with Gasteiger partial charge in [-0.15, -0.1) is 0 Å². The van der Waals surface area contributed by atoms with E-state index in [9.17, 15) is 4.79 Å². The summed E-state index contributed by atoms with van der Waals surface area (Å²) in [6.07, 6.45) is 9.35. The molecule has 6 heteroatoms. The first kappa shape index (κ1) is 24.0. The van der Waals surface area contributed by atoms with Gasteiger partial charge in [-0.05, 0) is 51.0 Å². The Balaban J connectivity index is 1.37. The summed E-state index contributed by atoms with van der Waals surface area (Å²) >= 11 is 0. The molecule has 0 bridgehead atoms. The number of benzene rings is 1. The van der Waals surface area contributed by atoms with E-state index in [0.717, 1.165) is 12.1 Å². The fraction of sp³-hybridized carbons (Fsp3) is 0.393. The summed E-state index contributed by atoms with van der Waals surface area (Å²) in [6.45, 7) is 8.84. The van der Waals surface area contributed by atoms with Gasteiger partial charge in [0.1, 0.15) is 13.2 Å². The number of hydroxylamine groups is 2. The number of esters is 1. The van der Waals surface area contributed by atoms with Gasteiger partial charge in [-0.2, -0.15) is 0 Å². The Morgan fingerprint density at radius 2 is 1.41 bits per heavy atom. The predicted octanol–water partition coefficient (Wildman–Crippen LogP) is 3.33. The lowest BCUT2D eigenvalue weighted by Crippen LogP contribution is -2.60. The number of aryl methyl sites for hydroxylation is 1. The summed E-state index contributed by atoms with van der Waals surface area (Å²) in [5.41, 5.74) is 3.35. The summed E-state index contributed by atoms with van der Waals surface area (Å²) in [5, 5.41) is 10.0. The molecular formula is C28H36N3O3+3. The molecule has 34 heavy (non-hydrogen) atoms. The van der Waals surface area contributed by atoms with E-state index < -0.39 is 0 Å². The molecule has 3 aromatic rings. The molecule has 0 saturated carbocycles. The zero-order chi connectivity index (χ0) is 24.5. The number of carbonyl (C=O) groups is 1. The van der Waals surface area contributed by atoms with E-state index in [1.54, 1.807) is 5.06 Å².